The lowest BCUT2D eigenvalue weighted by molar-refractivity contribution is -0.149. The van der Waals surface area contributed by atoms with E-state index >= 15 is 0 Å². The first-order valence-corrected chi connectivity index (χ1v) is 13.2. The van der Waals surface area contributed by atoms with Gasteiger partial charge in [0.25, 0.3) is 0 Å². The van der Waals surface area contributed by atoms with Gasteiger partial charge in [0.2, 0.25) is 17.7 Å². The highest BCUT2D eigenvalue weighted by molar-refractivity contribution is 5.94. The smallest absolute Gasteiger partial charge is 0.326 e. The third-order valence-corrected chi connectivity index (χ3v) is 6.27. The number of unbranched alkanes of at least 4 members (excludes halogenated alkanes) is 1. The SMILES string of the molecule is NCCCCC(N)C(=O)NC(CCCN=C(N)N)C(=O)NC(CCCN=C(N)N)C(=O)N1CCCC1C(=O)O. The minimum Gasteiger partial charge on any atom is -0.480 e. The number of rotatable bonds is 18. The Morgan fingerprint density at radius 3 is 1.95 bits per heavy atom. The summed E-state index contributed by atoms with van der Waals surface area (Å²) in [5, 5.41) is 14.9. The first-order valence-electron chi connectivity index (χ1n) is 13.2. The number of carbonyl (C=O) groups is 4. The summed E-state index contributed by atoms with van der Waals surface area (Å²) < 4.78 is 0. The van der Waals surface area contributed by atoms with Crippen molar-refractivity contribution in [2.75, 3.05) is 26.2 Å². The molecule has 0 saturated carbocycles. The van der Waals surface area contributed by atoms with Crippen LogP contribution in [0.5, 0.6) is 0 Å². The van der Waals surface area contributed by atoms with E-state index in [2.05, 4.69) is 20.6 Å². The zero-order chi connectivity index (χ0) is 29.4. The molecule has 222 valence electrons. The van der Waals surface area contributed by atoms with E-state index in [0.717, 1.165) is 0 Å². The first-order chi connectivity index (χ1) is 18.5. The van der Waals surface area contributed by atoms with Gasteiger partial charge < -0.3 is 55.0 Å². The predicted molar refractivity (Wildman–Crippen MR) is 147 cm³/mol. The summed E-state index contributed by atoms with van der Waals surface area (Å²) in [5.41, 5.74) is 32.9. The second kappa shape index (κ2) is 17.8. The quantitative estimate of drug-likeness (QED) is 0.0456. The maximum atomic E-state index is 13.4. The second-order valence-corrected chi connectivity index (χ2v) is 9.44. The molecule has 0 aromatic heterocycles. The van der Waals surface area contributed by atoms with E-state index in [1.165, 1.54) is 4.90 Å². The van der Waals surface area contributed by atoms with Gasteiger partial charge in [-0.2, -0.15) is 0 Å². The molecule has 0 radical (unpaired) electrons. The molecule has 1 heterocycles. The Labute approximate surface area is 228 Å². The van der Waals surface area contributed by atoms with E-state index in [1.54, 1.807) is 0 Å². The second-order valence-electron chi connectivity index (χ2n) is 9.44. The van der Waals surface area contributed by atoms with Crippen LogP contribution >= 0.6 is 0 Å². The minimum absolute atomic E-state index is 0.105. The minimum atomic E-state index is -1.11. The Morgan fingerprint density at radius 2 is 1.41 bits per heavy atom. The van der Waals surface area contributed by atoms with Crippen molar-refractivity contribution in [1.82, 2.24) is 15.5 Å². The number of hydrogen-bond donors (Lipinski definition) is 9. The molecule has 16 nitrogen and oxygen atoms in total. The topological polar surface area (TPSA) is 297 Å². The number of carboxylic acid groups (broad SMARTS) is 1. The molecule has 0 aliphatic carbocycles. The number of guanidine groups is 2. The number of carboxylic acids is 1. The van der Waals surface area contributed by atoms with E-state index in [-0.39, 0.29) is 44.4 Å². The summed E-state index contributed by atoms with van der Waals surface area (Å²) >= 11 is 0. The molecular formula is C23H45N11O5. The van der Waals surface area contributed by atoms with Crippen LogP contribution in [0.25, 0.3) is 0 Å². The number of likely N-dealkylation sites (tertiary alicyclic amines) is 1. The molecule has 16 heteroatoms. The molecular weight excluding hydrogens is 510 g/mol. The van der Waals surface area contributed by atoms with E-state index in [9.17, 15) is 24.3 Å². The van der Waals surface area contributed by atoms with Crippen LogP contribution in [0, 0.1) is 0 Å². The molecule has 0 spiro atoms. The van der Waals surface area contributed by atoms with Crippen LogP contribution < -0.4 is 45.0 Å². The molecule has 1 fully saturated rings. The van der Waals surface area contributed by atoms with Crippen molar-refractivity contribution in [2.24, 2.45) is 44.4 Å². The fourth-order valence-corrected chi connectivity index (χ4v) is 4.21. The Balaban J connectivity index is 3.05. The van der Waals surface area contributed by atoms with Crippen molar-refractivity contribution in [2.45, 2.75) is 82.0 Å². The van der Waals surface area contributed by atoms with Crippen molar-refractivity contribution in [3.63, 3.8) is 0 Å². The van der Waals surface area contributed by atoms with Crippen molar-refractivity contribution in [3.05, 3.63) is 0 Å². The molecule has 3 amide bonds. The molecule has 0 aromatic rings. The summed E-state index contributed by atoms with van der Waals surface area (Å²) in [6.07, 6.45) is 3.62. The van der Waals surface area contributed by atoms with E-state index in [0.29, 0.717) is 51.5 Å². The highest BCUT2D eigenvalue weighted by Crippen LogP contribution is 2.20. The lowest BCUT2D eigenvalue weighted by atomic mass is 10.0. The first kappa shape index (κ1) is 33.4. The average molecular weight is 556 g/mol. The number of nitrogens with two attached hydrogens (primary N) is 6. The third kappa shape index (κ3) is 12.6. The summed E-state index contributed by atoms with van der Waals surface area (Å²) in [6, 6.07) is -3.91. The van der Waals surface area contributed by atoms with Crippen LogP contribution in [0.3, 0.4) is 0 Å². The summed E-state index contributed by atoms with van der Waals surface area (Å²) in [6.45, 7) is 1.16. The largest absolute Gasteiger partial charge is 0.480 e. The molecule has 4 atom stereocenters. The van der Waals surface area contributed by atoms with Gasteiger partial charge in [-0.25, -0.2) is 4.79 Å². The molecule has 0 aromatic carbocycles. The van der Waals surface area contributed by atoms with Crippen LogP contribution in [-0.2, 0) is 19.2 Å². The van der Waals surface area contributed by atoms with Crippen LogP contribution in [0.1, 0.15) is 57.8 Å². The van der Waals surface area contributed by atoms with Crippen molar-refractivity contribution in [3.8, 4) is 0 Å². The summed E-state index contributed by atoms with van der Waals surface area (Å²) in [7, 11) is 0. The number of aliphatic carboxylic acids is 1. The van der Waals surface area contributed by atoms with Crippen molar-refractivity contribution < 1.29 is 24.3 Å². The van der Waals surface area contributed by atoms with Crippen molar-refractivity contribution in [1.29, 1.82) is 0 Å². The maximum absolute atomic E-state index is 13.4. The van der Waals surface area contributed by atoms with E-state index < -0.39 is 47.9 Å². The van der Waals surface area contributed by atoms with E-state index in [4.69, 9.17) is 34.4 Å². The van der Waals surface area contributed by atoms with Gasteiger partial charge in [0.1, 0.15) is 18.1 Å². The van der Waals surface area contributed by atoms with Gasteiger partial charge in [0.05, 0.1) is 6.04 Å². The molecule has 1 aliphatic rings. The monoisotopic (exact) mass is 555 g/mol. The number of nitrogens with one attached hydrogen (secondary N) is 2. The zero-order valence-corrected chi connectivity index (χ0v) is 22.4. The average Bonchev–Trinajstić information content (AvgIpc) is 3.37. The molecule has 39 heavy (non-hydrogen) atoms. The number of amides is 3. The molecule has 1 saturated heterocycles. The fraction of sp³-hybridized carbons (Fsp3) is 0.739. The summed E-state index contributed by atoms with van der Waals surface area (Å²) in [4.78, 5) is 60.1. The standard InChI is InChI=1S/C23H45N11O5/c24-10-2-1-6-14(25)18(35)32-15(7-3-11-30-22(26)27)19(36)33-16(8-4-12-31-23(28)29)20(37)34-13-5-9-17(34)21(38)39/h14-17H,1-13,24-25H2,(H,32,35)(H,33,36)(H,38,39)(H4,26,27,30)(H4,28,29,31). The highest BCUT2D eigenvalue weighted by Gasteiger charge is 2.38. The van der Waals surface area contributed by atoms with Gasteiger partial charge in [-0.3, -0.25) is 24.4 Å². The van der Waals surface area contributed by atoms with Gasteiger partial charge in [-0.05, 0) is 57.9 Å². The molecule has 0 bridgehead atoms. The molecule has 15 N–H and O–H groups in total. The van der Waals surface area contributed by atoms with Gasteiger partial charge in [0.15, 0.2) is 11.9 Å². The van der Waals surface area contributed by atoms with Gasteiger partial charge in [-0.1, -0.05) is 6.42 Å². The van der Waals surface area contributed by atoms with Crippen molar-refractivity contribution >= 4 is 35.6 Å². The lowest BCUT2D eigenvalue weighted by Crippen LogP contribution is -2.57. The van der Waals surface area contributed by atoms with Gasteiger partial charge in [0, 0.05) is 19.6 Å². The van der Waals surface area contributed by atoms with Gasteiger partial charge in [-0.15, -0.1) is 0 Å². The van der Waals surface area contributed by atoms with Crippen LogP contribution in [-0.4, -0.2) is 96.0 Å². The number of hydrogen-bond acceptors (Lipinski definition) is 8. The van der Waals surface area contributed by atoms with Gasteiger partial charge >= 0.3 is 5.97 Å². The Bertz CT molecular complexity index is 875. The number of nitrogens with zero attached hydrogens (tertiary/aromatic N) is 3. The van der Waals surface area contributed by atoms with Crippen LogP contribution in [0.4, 0.5) is 0 Å². The number of aliphatic imine (C=N–C) groups is 2. The maximum Gasteiger partial charge on any atom is 0.326 e. The normalized spacial score (nSPS) is 17.0. The molecule has 1 rings (SSSR count). The lowest BCUT2D eigenvalue weighted by Gasteiger charge is -2.29. The van der Waals surface area contributed by atoms with Crippen LogP contribution in [0.15, 0.2) is 9.98 Å². The third-order valence-electron chi connectivity index (χ3n) is 6.27. The summed E-state index contributed by atoms with van der Waals surface area (Å²) in [5.74, 6) is -2.99. The number of carbonyl (C=O) groups excluding carboxylic acids is 3. The predicted octanol–water partition coefficient (Wildman–Crippen LogP) is -3.40. The zero-order valence-electron chi connectivity index (χ0n) is 22.4. The van der Waals surface area contributed by atoms with E-state index in [1.807, 2.05) is 0 Å². The molecule has 4 unspecified atom stereocenters. The Kier molecular flexibility index (Phi) is 15.2. The Morgan fingerprint density at radius 1 is 0.846 bits per heavy atom. The fourth-order valence-electron chi connectivity index (χ4n) is 4.21. The molecule has 1 aliphatic heterocycles. The Hall–Kier alpha value is -3.66. The highest BCUT2D eigenvalue weighted by atomic mass is 16.4. The van der Waals surface area contributed by atoms with Crippen LogP contribution in [0.2, 0.25) is 0 Å².